The van der Waals surface area contributed by atoms with Gasteiger partial charge in [-0.05, 0) is 25.7 Å². The van der Waals surface area contributed by atoms with Crippen LogP contribution in [0.3, 0.4) is 0 Å². The molecule has 0 spiro atoms. The largest absolute Gasteiger partial charge is 0.352 e. The number of unbranched alkanes of at least 4 members (excludes halogenated alkanes) is 1. The first kappa shape index (κ1) is 12.5. The van der Waals surface area contributed by atoms with Gasteiger partial charge in [0.2, 0.25) is 5.91 Å². The van der Waals surface area contributed by atoms with Crippen molar-refractivity contribution in [2.45, 2.75) is 64.5 Å². The summed E-state index contributed by atoms with van der Waals surface area (Å²) in [5.41, 5.74) is 0. The molecule has 0 heterocycles. The molecule has 0 saturated heterocycles. The molecule has 1 rings (SSSR count). The van der Waals surface area contributed by atoms with Crippen LogP contribution in [0, 0.1) is 0 Å². The molecule has 0 aliphatic heterocycles. The zero-order valence-corrected chi connectivity index (χ0v) is 10.0. The highest BCUT2D eigenvalue weighted by Gasteiger charge is 2.23. The van der Waals surface area contributed by atoms with Crippen molar-refractivity contribution in [1.29, 1.82) is 0 Å². The van der Waals surface area contributed by atoms with Gasteiger partial charge in [0, 0.05) is 12.1 Å². The summed E-state index contributed by atoms with van der Waals surface area (Å²) in [6.07, 6.45) is 7.10. The van der Waals surface area contributed by atoms with E-state index in [1.165, 1.54) is 32.1 Å². The lowest BCUT2D eigenvalue weighted by molar-refractivity contribution is -0.120. The van der Waals surface area contributed by atoms with E-state index in [4.69, 9.17) is 0 Å². The molecule has 3 heteroatoms. The van der Waals surface area contributed by atoms with E-state index in [-0.39, 0.29) is 5.91 Å². The number of carbonyl (C=O) groups is 1. The Kier molecular flexibility index (Phi) is 5.69. The third-order valence-electron chi connectivity index (χ3n) is 2.89. The second kappa shape index (κ2) is 6.83. The summed E-state index contributed by atoms with van der Waals surface area (Å²) in [5, 5.41) is 6.31. The zero-order valence-electron chi connectivity index (χ0n) is 10.0. The second-order valence-corrected chi connectivity index (χ2v) is 4.47. The lowest BCUT2D eigenvalue weighted by Crippen LogP contribution is -2.39. The molecule has 1 amide bonds. The fraction of sp³-hybridized carbons (Fsp3) is 0.917. The number of hydrogen-bond donors (Lipinski definition) is 2. The van der Waals surface area contributed by atoms with Gasteiger partial charge in [0.05, 0.1) is 6.54 Å². The van der Waals surface area contributed by atoms with Gasteiger partial charge in [-0.3, -0.25) is 4.79 Å². The Morgan fingerprint density at radius 1 is 1.40 bits per heavy atom. The summed E-state index contributed by atoms with van der Waals surface area (Å²) >= 11 is 0. The molecule has 0 radical (unpaired) electrons. The maximum atomic E-state index is 11.4. The van der Waals surface area contributed by atoms with Gasteiger partial charge >= 0.3 is 0 Å². The van der Waals surface area contributed by atoms with Gasteiger partial charge in [0.15, 0.2) is 0 Å². The number of carbonyl (C=O) groups excluding carboxylic acids is 1. The molecule has 88 valence electrons. The molecule has 1 unspecified atom stereocenters. The Labute approximate surface area is 93.0 Å². The van der Waals surface area contributed by atoms with Gasteiger partial charge in [0.1, 0.15) is 0 Å². The van der Waals surface area contributed by atoms with E-state index in [0.717, 1.165) is 6.42 Å². The van der Waals surface area contributed by atoms with Crippen LogP contribution in [0.25, 0.3) is 0 Å². The lowest BCUT2D eigenvalue weighted by Gasteiger charge is -2.16. The van der Waals surface area contributed by atoms with Crippen LogP contribution in [-0.2, 0) is 4.79 Å². The molecular formula is C12H24N2O. The standard InChI is InChI=1S/C12H24N2O/c1-3-5-6-10(4-2)13-9-12(15)14-11-7-8-11/h10-11,13H,3-9H2,1-2H3,(H,14,15). The predicted octanol–water partition coefficient (Wildman–Crippen LogP) is 1.82. The minimum Gasteiger partial charge on any atom is -0.352 e. The second-order valence-electron chi connectivity index (χ2n) is 4.47. The molecule has 2 N–H and O–H groups in total. The highest BCUT2D eigenvalue weighted by molar-refractivity contribution is 5.78. The van der Waals surface area contributed by atoms with Crippen molar-refractivity contribution in [3.8, 4) is 0 Å². The molecule has 0 aromatic rings. The van der Waals surface area contributed by atoms with Crippen LogP contribution in [0.15, 0.2) is 0 Å². The molecule has 15 heavy (non-hydrogen) atoms. The van der Waals surface area contributed by atoms with E-state index >= 15 is 0 Å². The minimum absolute atomic E-state index is 0.160. The van der Waals surface area contributed by atoms with E-state index < -0.39 is 0 Å². The summed E-state index contributed by atoms with van der Waals surface area (Å²) in [6, 6.07) is 0.991. The highest BCUT2D eigenvalue weighted by Crippen LogP contribution is 2.18. The summed E-state index contributed by atoms with van der Waals surface area (Å²) < 4.78 is 0. The number of nitrogens with one attached hydrogen (secondary N) is 2. The van der Waals surface area contributed by atoms with E-state index in [0.29, 0.717) is 18.6 Å². The van der Waals surface area contributed by atoms with Gasteiger partial charge in [-0.1, -0.05) is 26.7 Å². The maximum Gasteiger partial charge on any atom is 0.234 e. The zero-order chi connectivity index (χ0) is 11.1. The first-order valence-electron chi connectivity index (χ1n) is 6.29. The third kappa shape index (κ3) is 5.78. The Bertz CT molecular complexity index is 190. The van der Waals surface area contributed by atoms with Crippen LogP contribution in [0.5, 0.6) is 0 Å². The molecule has 0 aromatic heterocycles. The van der Waals surface area contributed by atoms with E-state index in [9.17, 15) is 4.79 Å². The van der Waals surface area contributed by atoms with Crippen molar-refractivity contribution in [1.82, 2.24) is 10.6 Å². The van der Waals surface area contributed by atoms with Gasteiger partial charge in [-0.15, -0.1) is 0 Å². The molecule has 1 atom stereocenters. The predicted molar refractivity (Wildman–Crippen MR) is 62.8 cm³/mol. The van der Waals surface area contributed by atoms with Crippen molar-refractivity contribution < 1.29 is 4.79 Å². The summed E-state index contributed by atoms with van der Waals surface area (Å²) in [4.78, 5) is 11.4. The minimum atomic E-state index is 0.160. The van der Waals surface area contributed by atoms with Crippen molar-refractivity contribution in [3.05, 3.63) is 0 Å². The Balaban J connectivity index is 2.06. The van der Waals surface area contributed by atoms with Gasteiger partial charge in [-0.25, -0.2) is 0 Å². The average molecular weight is 212 g/mol. The Morgan fingerprint density at radius 3 is 2.67 bits per heavy atom. The number of amides is 1. The number of rotatable bonds is 8. The molecule has 3 nitrogen and oxygen atoms in total. The monoisotopic (exact) mass is 212 g/mol. The van der Waals surface area contributed by atoms with Crippen LogP contribution in [0.1, 0.15) is 52.4 Å². The summed E-state index contributed by atoms with van der Waals surface area (Å²) in [6.45, 7) is 4.86. The summed E-state index contributed by atoms with van der Waals surface area (Å²) in [5.74, 6) is 0.160. The summed E-state index contributed by atoms with van der Waals surface area (Å²) in [7, 11) is 0. The normalized spacial score (nSPS) is 17.5. The van der Waals surface area contributed by atoms with Crippen molar-refractivity contribution in [2.24, 2.45) is 0 Å². The molecule has 1 aliphatic carbocycles. The first-order chi connectivity index (χ1) is 7.26. The molecule has 1 fully saturated rings. The van der Waals surface area contributed by atoms with Crippen molar-refractivity contribution in [3.63, 3.8) is 0 Å². The Hall–Kier alpha value is -0.570. The van der Waals surface area contributed by atoms with E-state index in [1.54, 1.807) is 0 Å². The van der Waals surface area contributed by atoms with E-state index in [2.05, 4.69) is 24.5 Å². The first-order valence-corrected chi connectivity index (χ1v) is 6.29. The van der Waals surface area contributed by atoms with Gasteiger partial charge in [-0.2, -0.15) is 0 Å². The van der Waals surface area contributed by atoms with Gasteiger partial charge < -0.3 is 10.6 Å². The highest BCUT2D eigenvalue weighted by atomic mass is 16.2. The average Bonchev–Trinajstić information content (AvgIpc) is 3.02. The quantitative estimate of drug-likeness (QED) is 0.644. The third-order valence-corrected chi connectivity index (χ3v) is 2.89. The topological polar surface area (TPSA) is 41.1 Å². The molecular weight excluding hydrogens is 188 g/mol. The van der Waals surface area contributed by atoms with Crippen molar-refractivity contribution >= 4 is 5.91 Å². The van der Waals surface area contributed by atoms with Gasteiger partial charge in [0.25, 0.3) is 0 Å². The van der Waals surface area contributed by atoms with Crippen LogP contribution in [0.4, 0.5) is 0 Å². The lowest BCUT2D eigenvalue weighted by atomic mass is 10.1. The SMILES string of the molecule is CCCCC(CC)NCC(=O)NC1CC1. The van der Waals surface area contributed by atoms with Crippen LogP contribution in [-0.4, -0.2) is 24.5 Å². The Morgan fingerprint density at radius 2 is 2.13 bits per heavy atom. The van der Waals surface area contributed by atoms with Crippen molar-refractivity contribution in [2.75, 3.05) is 6.54 Å². The van der Waals surface area contributed by atoms with Crippen LogP contribution < -0.4 is 10.6 Å². The fourth-order valence-electron chi connectivity index (χ4n) is 1.64. The maximum absolute atomic E-state index is 11.4. The molecule has 0 bridgehead atoms. The fourth-order valence-corrected chi connectivity index (χ4v) is 1.64. The van der Waals surface area contributed by atoms with E-state index in [1.807, 2.05) is 0 Å². The number of hydrogen-bond acceptors (Lipinski definition) is 2. The van der Waals surface area contributed by atoms with Crippen LogP contribution in [0.2, 0.25) is 0 Å². The molecule has 0 aromatic carbocycles. The molecule has 1 saturated carbocycles. The molecule has 1 aliphatic rings. The smallest absolute Gasteiger partial charge is 0.234 e. The van der Waals surface area contributed by atoms with Crippen LogP contribution >= 0.6 is 0 Å².